The van der Waals surface area contributed by atoms with Crippen molar-refractivity contribution in [2.45, 2.75) is 39.0 Å². The summed E-state index contributed by atoms with van der Waals surface area (Å²) in [6.45, 7) is 2.09. The van der Waals surface area contributed by atoms with Gasteiger partial charge in [-0.3, -0.25) is 4.79 Å². The minimum atomic E-state index is 0.227. The first-order chi connectivity index (χ1) is 6.72. The Balaban J connectivity index is 1.92. The molecule has 2 heteroatoms. The van der Waals surface area contributed by atoms with Gasteiger partial charge in [0.1, 0.15) is 0 Å². The van der Waals surface area contributed by atoms with Gasteiger partial charge in [0.15, 0.2) is 0 Å². The second-order valence-corrected chi connectivity index (χ2v) is 5.09. The molecule has 1 N–H and O–H groups in total. The van der Waals surface area contributed by atoms with Crippen LogP contribution in [0.4, 0.5) is 0 Å². The minimum Gasteiger partial charge on any atom is -0.359 e. The lowest BCUT2D eigenvalue weighted by Gasteiger charge is -2.18. The van der Waals surface area contributed by atoms with Crippen LogP contribution in [0.25, 0.3) is 0 Å². The van der Waals surface area contributed by atoms with Crippen LogP contribution in [0.3, 0.4) is 0 Å². The zero-order chi connectivity index (χ0) is 10.1. The van der Waals surface area contributed by atoms with Crippen molar-refractivity contribution in [3.05, 3.63) is 0 Å². The van der Waals surface area contributed by atoms with Gasteiger partial charge in [-0.15, -0.1) is 0 Å². The number of amides is 1. The van der Waals surface area contributed by atoms with E-state index in [0.29, 0.717) is 5.92 Å². The maximum absolute atomic E-state index is 11.5. The standard InChI is InChI=1S/C12H21NO/c1-8(12(14)13-2)11-6-9-4-3-5-10(9)7-11/h8-11H,3-7H2,1-2H3,(H,13,14)/t8-,9+,10?,11+/m0/s1. The predicted octanol–water partition coefficient (Wildman–Crippen LogP) is 2.19. The predicted molar refractivity (Wildman–Crippen MR) is 56.8 cm³/mol. The Morgan fingerprint density at radius 1 is 1.29 bits per heavy atom. The molecule has 0 aromatic carbocycles. The molecule has 2 fully saturated rings. The van der Waals surface area contributed by atoms with Gasteiger partial charge < -0.3 is 5.32 Å². The molecule has 0 heterocycles. The summed E-state index contributed by atoms with van der Waals surface area (Å²) in [4.78, 5) is 11.5. The smallest absolute Gasteiger partial charge is 0.222 e. The summed E-state index contributed by atoms with van der Waals surface area (Å²) < 4.78 is 0. The van der Waals surface area contributed by atoms with Gasteiger partial charge in [-0.1, -0.05) is 26.2 Å². The summed E-state index contributed by atoms with van der Waals surface area (Å²) in [5.41, 5.74) is 0. The Labute approximate surface area is 86.5 Å². The van der Waals surface area contributed by atoms with E-state index in [9.17, 15) is 4.79 Å². The molecule has 0 aliphatic heterocycles. The third-order valence-corrected chi connectivity index (χ3v) is 4.39. The molecule has 2 nitrogen and oxygen atoms in total. The summed E-state index contributed by atoms with van der Waals surface area (Å²) in [6.07, 6.45) is 6.87. The molecule has 2 rings (SSSR count). The van der Waals surface area contributed by atoms with Crippen molar-refractivity contribution in [3.8, 4) is 0 Å². The van der Waals surface area contributed by atoms with Crippen LogP contribution in [0, 0.1) is 23.7 Å². The van der Waals surface area contributed by atoms with Crippen LogP contribution >= 0.6 is 0 Å². The third kappa shape index (κ3) is 1.67. The Kier molecular flexibility index (Phi) is 2.80. The normalized spacial score (nSPS) is 38.0. The number of carbonyl (C=O) groups excluding carboxylic acids is 1. The van der Waals surface area contributed by atoms with Crippen LogP contribution in [0.5, 0.6) is 0 Å². The SMILES string of the molecule is CNC(=O)[C@@H](C)[C@H]1CC2CCC[C@@H]2C1. The molecular weight excluding hydrogens is 174 g/mol. The first-order valence-corrected chi connectivity index (χ1v) is 5.94. The maximum atomic E-state index is 11.5. The molecule has 4 atom stereocenters. The second-order valence-electron chi connectivity index (χ2n) is 5.09. The lowest BCUT2D eigenvalue weighted by molar-refractivity contribution is -0.125. The molecule has 0 radical (unpaired) electrons. The van der Waals surface area contributed by atoms with Crippen molar-refractivity contribution in [2.75, 3.05) is 7.05 Å². The van der Waals surface area contributed by atoms with Crippen LogP contribution in [0.1, 0.15) is 39.0 Å². The molecule has 80 valence electrons. The van der Waals surface area contributed by atoms with Gasteiger partial charge in [0.05, 0.1) is 0 Å². The average molecular weight is 195 g/mol. The number of carbonyl (C=O) groups is 1. The van der Waals surface area contributed by atoms with Crippen LogP contribution in [0.2, 0.25) is 0 Å². The van der Waals surface area contributed by atoms with E-state index in [2.05, 4.69) is 12.2 Å². The monoisotopic (exact) mass is 195 g/mol. The number of fused-ring (bicyclic) bond motifs is 1. The van der Waals surface area contributed by atoms with Gasteiger partial charge in [-0.25, -0.2) is 0 Å². The Morgan fingerprint density at radius 2 is 1.86 bits per heavy atom. The highest BCUT2D eigenvalue weighted by Crippen LogP contribution is 2.48. The Hall–Kier alpha value is -0.530. The fourth-order valence-electron chi connectivity index (χ4n) is 3.46. The molecule has 1 unspecified atom stereocenters. The number of hydrogen-bond donors (Lipinski definition) is 1. The molecule has 0 spiro atoms. The topological polar surface area (TPSA) is 29.1 Å². The van der Waals surface area contributed by atoms with E-state index in [-0.39, 0.29) is 11.8 Å². The fourth-order valence-corrected chi connectivity index (χ4v) is 3.46. The molecule has 2 aliphatic rings. The second kappa shape index (κ2) is 3.92. The summed E-state index contributed by atoms with van der Waals surface area (Å²) >= 11 is 0. The summed E-state index contributed by atoms with van der Waals surface area (Å²) in [6, 6.07) is 0. The van der Waals surface area contributed by atoms with Crippen LogP contribution in [-0.4, -0.2) is 13.0 Å². The molecular formula is C12H21NO. The average Bonchev–Trinajstić information content (AvgIpc) is 2.74. The first-order valence-electron chi connectivity index (χ1n) is 5.94. The van der Waals surface area contributed by atoms with Crippen LogP contribution in [-0.2, 0) is 4.79 Å². The zero-order valence-corrected chi connectivity index (χ0v) is 9.25. The van der Waals surface area contributed by atoms with Gasteiger partial charge in [-0.2, -0.15) is 0 Å². The van der Waals surface area contributed by atoms with Crippen molar-refractivity contribution in [1.82, 2.24) is 5.32 Å². The highest BCUT2D eigenvalue weighted by Gasteiger charge is 2.40. The van der Waals surface area contributed by atoms with Crippen molar-refractivity contribution < 1.29 is 4.79 Å². The molecule has 0 aromatic heterocycles. The summed E-state index contributed by atoms with van der Waals surface area (Å²) in [5, 5.41) is 2.77. The minimum absolute atomic E-state index is 0.227. The third-order valence-electron chi connectivity index (χ3n) is 4.39. The van der Waals surface area contributed by atoms with Gasteiger partial charge in [0.25, 0.3) is 0 Å². The van der Waals surface area contributed by atoms with Gasteiger partial charge in [0, 0.05) is 13.0 Å². The zero-order valence-electron chi connectivity index (χ0n) is 9.25. The van der Waals surface area contributed by atoms with Crippen molar-refractivity contribution in [3.63, 3.8) is 0 Å². The first kappa shape index (κ1) is 10.0. The Morgan fingerprint density at radius 3 is 2.36 bits per heavy atom. The van der Waals surface area contributed by atoms with Crippen molar-refractivity contribution >= 4 is 5.91 Å². The van der Waals surface area contributed by atoms with Crippen molar-refractivity contribution in [2.24, 2.45) is 23.7 Å². The van der Waals surface area contributed by atoms with E-state index < -0.39 is 0 Å². The quantitative estimate of drug-likeness (QED) is 0.719. The highest BCUT2D eigenvalue weighted by atomic mass is 16.1. The van der Waals surface area contributed by atoms with Gasteiger partial charge >= 0.3 is 0 Å². The van der Waals surface area contributed by atoms with Crippen LogP contribution < -0.4 is 5.32 Å². The number of rotatable bonds is 2. The molecule has 0 bridgehead atoms. The molecule has 2 saturated carbocycles. The van der Waals surface area contributed by atoms with E-state index in [4.69, 9.17) is 0 Å². The van der Waals surface area contributed by atoms with Crippen molar-refractivity contribution in [1.29, 1.82) is 0 Å². The van der Waals surface area contributed by atoms with Crippen LogP contribution in [0.15, 0.2) is 0 Å². The molecule has 14 heavy (non-hydrogen) atoms. The van der Waals surface area contributed by atoms with E-state index >= 15 is 0 Å². The highest BCUT2D eigenvalue weighted by molar-refractivity contribution is 5.78. The number of nitrogens with one attached hydrogen (secondary N) is 1. The maximum Gasteiger partial charge on any atom is 0.222 e. The van der Waals surface area contributed by atoms with E-state index in [1.54, 1.807) is 7.05 Å². The molecule has 1 amide bonds. The lowest BCUT2D eigenvalue weighted by atomic mass is 9.89. The van der Waals surface area contributed by atoms with E-state index in [1.807, 2.05) is 0 Å². The fraction of sp³-hybridized carbons (Fsp3) is 0.917. The van der Waals surface area contributed by atoms with Gasteiger partial charge in [0.2, 0.25) is 5.91 Å². The molecule has 2 aliphatic carbocycles. The summed E-state index contributed by atoms with van der Waals surface area (Å²) in [7, 11) is 1.74. The largest absolute Gasteiger partial charge is 0.359 e. The Bertz CT molecular complexity index is 214. The number of hydrogen-bond acceptors (Lipinski definition) is 1. The summed E-state index contributed by atoms with van der Waals surface area (Å²) in [5.74, 6) is 3.02. The van der Waals surface area contributed by atoms with Gasteiger partial charge in [-0.05, 0) is 30.6 Å². The van der Waals surface area contributed by atoms with E-state index in [0.717, 1.165) is 11.8 Å². The lowest BCUT2D eigenvalue weighted by Crippen LogP contribution is -2.29. The molecule has 0 aromatic rings. The molecule has 0 saturated heterocycles. The van der Waals surface area contributed by atoms with E-state index in [1.165, 1.54) is 32.1 Å².